The molecule has 0 fully saturated rings. The summed E-state index contributed by atoms with van der Waals surface area (Å²) in [6.45, 7) is 3.53. The third kappa shape index (κ3) is 2.69. The number of aromatic nitrogens is 1. The molecule has 19 heavy (non-hydrogen) atoms. The first-order valence-electron chi connectivity index (χ1n) is 5.69. The minimum Gasteiger partial charge on any atom is -0.479 e. The van der Waals surface area contributed by atoms with Gasteiger partial charge in [-0.15, -0.1) is 0 Å². The number of carbonyl (C=O) groups excluding carboxylic acids is 1. The van der Waals surface area contributed by atoms with Crippen molar-refractivity contribution in [3.8, 4) is 5.75 Å². The van der Waals surface area contributed by atoms with Gasteiger partial charge in [-0.25, -0.2) is 5.48 Å². The van der Waals surface area contributed by atoms with E-state index in [0.717, 1.165) is 15.4 Å². The zero-order valence-corrected chi connectivity index (χ0v) is 12.1. The molecule has 1 unspecified atom stereocenters. The average molecular weight is 325 g/mol. The normalized spacial score (nSPS) is 12.2. The maximum absolute atomic E-state index is 11.3. The molecule has 1 atom stereocenters. The first kappa shape index (κ1) is 13.8. The fourth-order valence-electron chi connectivity index (χ4n) is 1.79. The maximum Gasteiger partial charge on any atom is 0.284 e. The average Bonchev–Trinajstić information content (AvgIpc) is 2.41. The maximum atomic E-state index is 11.3. The molecule has 0 aliphatic heterocycles. The first-order chi connectivity index (χ1) is 9.04. The summed E-state index contributed by atoms with van der Waals surface area (Å²) in [5.74, 6) is -0.110. The molecule has 6 heteroatoms. The third-order valence-electron chi connectivity index (χ3n) is 2.80. The molecule has 0 aliphatic carbocycles. The third-order valence-corrected chi connectivity index (χ3v) is 3.46. The minimum atomic E-state index is -0.809. The number of amides is 1. The van der Waals surface area contributed by atoms with Crippen molar-refractivity contribution < 1.29 is 14.7 Å². The lowest BCUT2D eigenvalue weighted by atomic mass is 10.1. The van der Waals surface area contributed by atoms with E-state index in [-0.39, 0.29) is 0 Å². The molecule has 0 aliphatic rings. The van der Waals surface area contributed by atoms with Crippen molar-refractivity contribution in [1.82, 2.24) is 10.5 Å². The topological polar surface area (TPSA) is 71.5 Å². The predicted octanol–water partition coefficient (Wildman–Crippen LogP) is 2.58. The summed E-state index contributed by atoms with van der Waals surface area (Å²) in [6, 6.07) is 5.48. The number of aryl methyl sites for hydroxylation is 1. The number of hydrogen-bond acceptors (Lipinski definition) is 4. The number of nitrogens with one attached hydrogen (secondary N) is 1. The van der Waals surface area contributed by atoms with E-state index in [4.69, 9.17) is 9.94 Å². The van der Waals surface area contributed by atoms with E-state index in [1.807, 2.05) is 19.1 Å². The second-order valence-electron chi connectivity index (χ2n) is 4.13. The molecule has 0 bridgehead atoms. The van der Waals surface area contributed by atoms with Gasteiger partial charge >= 0.3 is 0 Å². The Labute approximate surface area is 118 Å². The van der Waals surface area contributed by atoms with Gasteiger partial charge in [0.15, 0.2) is 6.10 Å². The molecule has 2 rings (SSSR count). The number of nitrogens with zero attached hydrogens (tertiary/aromatic N) is 1. The highest BCUT2D eigenvalue weighted by Gasteiger charge is 2.16. The quantitative estimate of drug-likeness (QED) is 0.672. The summed E-state index contributed by atoms with van der Waals surface area (Å²) >= 11 is 3.48. The van der Waals surface area contributed by atoms with Gasteiger partial charge in [-0.3, -0.25) is 15.0 Å². The second-order valence-corrected chi connectivity index (χ2v) is 4.99. The molecule has 0 saturated carbocycles. The van der Waals surface area contributed by atoms with Gasteiger partial charge in [0, 0.05) is 16.1 Å². The molecule has 1 aromatic carbocycles. The lowest BCUT2D eigenvalue weighted by molar-refractivity contribution is -0.135. The number of halogens is 1. The van der Waals surface area contributed by atoms with E-state index in [2.05, 4.69) is 20.9 Å². The summed E-state index contributed by atoms with van der Waals surface area (Å²) in [6.07, 6.45) is 0.880. The number of hydrogen-bond donors (Lipinski definition) is 2. The minimum absolute atomic E-state index is 0.498. The molecule has 1 aromatic heterocycles. The van der Waals surface area contributed by atoms with E-state index in [1.165, 1.54) is 0 Å². The van der Waals surface area contributed by atoms with Crippen molar-refractivity contribution in [1.29, 1.82) is 0 Å². The monoisotopic (exact) mass is 324 g/mol. The zero-order chi connectivity index (χ0) is 14.0. The van der Waals surface area contributed by atoms with Gasteiger partial charge in [-0.1, -0.05) is 15.9 Å². The van der Waals surface area contributed by atoms with Crippen LogP contribution < -0.4 is 10.2 Å². The van der Waals surface area contributed by atoms with Crippen LogP contribution in [0.25, 0.3) is 10.9 Å². The van der Waals surface area contributed by atoms with Crippen molar-refractivity contribution >= 4 is 32.7 Å². The zero-order valence-electron chi connectivity index (χ0n) is 10.5. The second kappa shape index (κ2) is 5.54. The molecule has 1 heterocycles. The first-order valence-corrected chi connectivity index (χ1v) is 6.48. The largest absolute Gasteiger partial charge is 0.479 e. The van der Waals surface area contributed by atoms with Crippen molar-refractivity contribution in [2.75, 3.05) is 0 Å². The Hall–Kier alpha value is -1.66. The Balaban J connectivity index is 2.48. The van der Waals surface area contributed by atoms with Crippen LogP contribution in [0.1, 0.15) is 12.5 Å². The Kier molecular flexibility index (Phi) is 4.01. The van der Waals surface area contributed by atoms with Crippen molar-refractivity contribution in [3.05, 3.63) is 34.4 Å². The van der Waals surface area contributed by atoms with Gasteiger partial charge in [0.1, 0.15) is 11.3 Å². The van der Waals surface area contributed by atoms with E-state index >= 15 is 0 Å². The summed E-state index contributed by atoms with van der Waals surface area (Å²) in [7, 11) is 0. The number of benzene rings is 1. The number of fused-ring (bicyclic) bond motifs is 1. The van der Waals surface area contributed by atoms with E-state index in [1.54, 1.807) is 24.7 Å². The number of carbonyl (C=O) groups is 1. The van der Waals surface area contributed by atoms with Gasteiger partial charge < -0.3 is 4.74 Å². The Morgan fingerprint density at radius 3 is 2.89 bits per heavy atom. The van der Waals surface area contributed by atoms with Crippen LogP contribution in [0.2, 0.25) is 0 Å². The van der Waals surface area contributed by atoms with Crippen LogP contribution in [0.3, 0.4) is 0 Å². The van der Waals surface area contributed by atoms with Crippen LogP contribution in [0, 0.1) is 6.92 Å². The highest BCUT2D eigenvalue weighted by atomic mass is 79.9. The summed E-state index contributed by atoms with van der Waals surface area (Å²) < 4.78 is 6.45. The van der Waals surface area contributed by atoms with Crippen LogP contribution in [-0.4, -0.2) is 22.2 Å². The van der Waals surface area contributed by atoms with Crippen LogP contribution in [0.5, 0.6) is 5.75 Å². The van der Waals surface area contributed by atoms with Gasteiger partial charge in [0.05, 0.1) is 0 Å². The molecule has 5 nitrogen and oxygen atoms in total. The molecule has 2 N–H and O–H groups in total. The highest BCUT2D eigenvalue weighted by molar-refractivity contribution is 9.10. The molecular formula is C13H13BrN2O3. The van der Waals surface area contributed by atoms with Crippen LogP contribution in [0.4, 0.5) is 0 Å². The summed E-state index contributed by atoms with van der Waals surface area (Å²) in [5, 5.41) is 9.52. The lowest BCUT2D eigenvalue weighted by Gasteiger charge is -2.15. The van der Waals surface area contributed by atoms with Crippen molar-refractivity contribution in [2.24, 2.45) is 0 Å². The fourth-order valence-corrected chi connectivity index (χ4v) is 2.42. The van der Waals surface area contributed by atoms with Crippen LogP contribution >= 0.6 is 15.9 Å². The SMILES string of the molecule is Cc1ccnc2c(OC(C)C(=O)NO)ccc(Br)c12. The smallest absolute Gasteiger partial charge is 0.284 e. The summed E-state index contributed by atoms with van der Waals surface area (Å²) in [4.78, 5) is 15.6. The van der Waals surface area contributed by atoms with E-state index < -0.39 is 12.0 Å². The molecule has 0 saturated heterocycles. The highest BCUT2D eigenvalue weighted by Crippen LogP contribution is 2.32. The number of hydroxylamine groups is 1. The number of rotatable bonds is 3. The predicted molar refractivity (Wildman–Crippen MR) is 74.2 cm³/mol. The number of pyridine rings is 1. The summed E-state index contributed by atoms with van der Waals surface area (Å²) in [5.41, 5.74) is 3.29. The van der Waals surface area contributed by atoms with Crippen LogP contribution in [0.15, 0.2) is 28.9 Å². The molecular weight excluding hydrogens is 312 g/mol. The Bertz CT molecular complexity index is 622. The van der Waals surface area contributed by atoms with Crippen molar-refractivity contribution in [2.45, 2.75) is 20.0 Å². The van der Waals surface area contributed by atoms with E-state index in [0.29, 0.717) is 11.3 Å². The van der Waals surface area contributed by atoms with Gasteiger partial charge in [0.25, 0.3) is 5.91 Å². The van der Waals surface area contributed by atoms with Gasteiger partial charge in [0.2, 0.25) is 0 Å². The standard InChI is InChI=1S/C13H13BrN2O3/c1-7-5-6-15-12-10(4-3-9(14)11(7)12)19-8(2)13(17)16-18/h3-6,8,18H,1-2H3,(H,16,17). The lowest BCUT2D eigenvalue weighted by Crippen LogP contribution is -2.34. The Morgan fingerprint density at radius 2 is 2.21 bits per heavy atom. The number of ether oxygens (including phenoxy) is 1. The molecule has 2 aromatic rings. The van der Waals surface area contributed by atoms with Gasteiger partial charge in [-0.05, 0) is 37.6 Å². The molecule has 100 valence electrons. The molecule has 0 radical (unpaired) electrons. The fraction of sp³-hybridized carbons (Fsp3) is 0.231. The Morgan fingerprint density at radius 1 is 1.47 bits per heavy atom. The molecule has 0 spiro atoms. The van der Waals surface area contributed by atoms with Gasteiger partial charge in [-0.2, -0.15) is 0 Å². The van der Waals surface area contributed by atoms with Crippen molar-refractivity contribution in [3.63, 3.8) is 0 Å². The van der Waals surface area contributed by atoms with E-state index in [9.17, 15) is 4.79 Å². The molecule has 1 amide bonds. The van der Waals surface area contributed by atoms with Crippen LogP contribution in [-0.2, 0) is 4.79 Å².